The van der Waals surface area contributed by atoms with Crippen molar-refractivity contribution in [3.8, 4) is 11.4 Å². The smallest absolute Gasteiger partial charge is 0.343 e. The maximum atomic E-state index is 15.0. The van der Waals surface area contributed by atoms with Crippen LogP contribution in [0.5, 0.6) is 0 Å². The van der Waals surface area contributed by atoms with Gasteiger partial charge in [0.1, 0.15) is 12.4 Å². The molecule has 0 radical (unpaired) electrons. The number of aliphatic hydroxyl groups is 1. The molecule has 0 spiro atoms. The van der Waals surface area contributed by atoms with Gasteiger partial charge in [-0.05, 0) is 48.9 Å². The first kappa shape index (κ1) is 26.6. The predicted octanol–water partition coefficient (Wildman–Crippen LogP) is 3.02. The van der Waals surface area contributed by atoms with E-state index >= 15 is 4.39 Å². The summed E-state index contributed by atoms with van der Waals surface area (Å²) in [5.74, 6) is -1.23. The zero-order valence-electron chi connectivity index (χ0n) is 23.1. The van der Waals surface area contributed by atoms with Crippen molar-refractivity contribution in [1.82, 2.24) is 20.2 Å². The zero-order valence-corrected chi connectivity index (χ0v) is 23.1. The van der Waals surface area contributed by atoms with Crippen molar-refractivity contribution >= 4 is 22.8 Å². The Kier molecular flexibility index (Phi) is 6.30. The Hall–Kier alpha value is -3.63. The predicted molar refractivity (Wildman–Crippen MR) is 146 cm³/mol. The summed E-state index contributed by atoms with van der Waals surface area (Å²) < 4.78 is 21.8. The van der Waals surface area contributed by atoms with E-state index in [2.05, 4.69) is 10.6 Å². The number of benzene rings is 1. The zero-order chi connectivity index (χ0) is 28.5. The van der Waals surface area contributed by atoms with Crippen molar-refractivity contribution in [1.29, 1.82) is 0 Å². The van der Waals surface area contributed by atoms with Crippen LogP contribution in [-0.2, 0) is 39.5 Å². The monoisotopic (exact) mass is 548 g/mol. The van der Waals surface area contributed by atoms with Gasteiger partial charge in [-0.15, -0.1) is 0 Å². The molecule has 10 heteroatoms. The van der Waals surface area contributed by atoms with E-state index in [9.17, 15) is 19.5 Å². The Bertz CT molecular complexity index is 1660. The summed E-state index contributed by atoms with van der Waals surface area (Å²) in [5, 5.41) is 18.5. The summed E-state index contributed by atoms with van der Waals surface area (Å²) in [6.45, 7) is 8.00. The molecule has 0 saturated carbocycles. The number of cyclic esters (lactones) is 1. The normalized spacial score (nSPS) is 20.8. The van der Waals surface area contributed by atoms with E-state index in [-0.39, 0.29) is 60.1 Å². The number of amides is 1. The topological polar surface area (TPSA) is 123 Å². The molecule has 4 heterocycles. The lowest BCUT2D eigenvalue weighted by Gasteiger charge is -2.31. The summed E-state index contributed by atoms with van der Waals surface area (Å²) >= 11 is 0. The number of aryl methyl sites for hydroxylation is 1. The number of nitrogens with zero attached hydrogens (tertiary/aromatic N) is 2. The number of carbonyl (C=O) groups excluding carboxylic acids is 2. The van der Waals surface area contributed by atoms with Crippen molar-refractivity contribution < 1.29 is 23.8 Å². The van der Waals surface area contributed by atoms with E-state index < -0.39 is 11.6 Å². The largest absolute Gasteiger partial charge is 0.458 e. The number of halogens is 1. The molecule has 3 N–H and O–H groups in total. The van der Waals surface area contributed by atoms with Gasteiger partial charge in [0.2, 0.25) is 5.91 Å². The van der Waals surface area contributed by atoms with Gasteiger partial charge in [0.05, 0.1) is 35.1 Å². The second kappa shape index (κ2) is 9.49. The lowest BCUT2D eigenvalue weighted by atomic mass is 9.81. The number of esters is 1. The lowest BCUT2D eigenvalue weighted by molar-refractivity contribution is -0.172. The molecule has 2 unspecified atom stereocenters. The van der Waals surface area contributed by atoms with E-state index in [1.54, 1.807) is 24.5 Å². The van der Waals surface area contributed by atoms with Gasteiger partial charge >= 0.3 is 5.97 Å². The van der Waals surface area contributed by atoms with Crippen LogP contribution >= 0.6 is 0 Å². The molecule has 3 aliphatic rings. The number of aromatic nitrogens is 2. The number of pyridine rings is 2. The van der Waals surface area contributed by atoms with Gasteiger partial charge in [-0.1, -0.05) is 20.8 Å². The van der Waals surface area contributed by atoms with Crippen LogP contribution in [0.2, 0.25) is 0 Å². The van der Waals surface area contributed by atoms with Crippen molar-refractivity contribution in [2.45, 2.75) is 84.2 Å². The molecule has 40 heavy (non-hydrogen) atoms. The van der Waals surface area contributed by atoms with E-state index in [1.807, 2.05) is 13.8 Å². The fraction of sp³-hybridized carbons (Fsp3) is 0.467. The minimum absolute atomic E-state index is 0.0403. The molecule has 9 nitrogen and oxygen atoms in total. The highest BCUT2D eigenvalue weighted by molar-refractivity contribution is 5.94. The fourth-order valence-corrected chi connectivity index (χ4v) is 6.44. The molecule has 6 rings (SSSR count). The van der Waals surface area contributed by atoms with Gasteiger partial charge in [0.25, 0.3) is 5.56 Å². The highest BCUT2D eigenvalue weighted by atomic mass is 19.1. The molecule has 2 aliphatic heterocycles. The van der Waals surface area contributed by atoms with Crippen LogP contribution in [0, 0.1) is 12.7 Å². The average molecular weight is 549 g/mol. The minimum atomic E-state index is -1.94. The Balaban J connectivity index is 1.53. The number of hydrogen-bond donors (Lipinski definition) is 3. The van der Waals surface area contributed by atoms with Crippen LogP contribution in [0.1, 0.15) is 79.5 Å². The van der Waals surface area contributed by atoms with Crippen LogP contribution in [0.25, 0.3) is 22.3 Å². The fourth-order valence-electron chi connectivity index (χ4n) is 6.44. The highest BCUT2D eigenvalue weighted by Gasteiger charge is 2.46. The number of carbonyl (C=O) groups is 2. The third kappa shape index (κ3) is 3.88. The first-order valence-electron chi connectivity index (χ1n) is 13.9. The number of rotatable bonds is 6. The molecule has 1 amide bonds. The van der Waals surface area contributed by atoms with Crippen molar-refractivity contribution in [2.75, 3.05) is 6.54 Å². The Labute approximate surface area is 230 Å². The molecule has 3 aromatic rings. The van der Waals surface area contributed by atoms with Gasteiger partial charge in [-0.2, -0.15) is 0 Å². The Morgan fingerprint density at radius 1 is 1.27 bits per heavy atom. The average Bonchev–Trinajstić information content (AvgIpc) is 3.28. The second-order valence-corrected chi connectivity index (χ2v) is 11.3. The van der Waals surface area contributed by atoms with E-state index in [4.69, 9.17) is 9.72 Å². The molecule has 0 bridgehead atoms. The van der Waals surface area contributed by atoms with E-state index in [0.717, 1.165) is 22.1 Å². The molecule has 2 atom stereocenters. The number of fused-ring (bicyclic) bond motifs is 5. The van der Waals surface area contributed by atoms with Gasteiger partial charge in [0, 0.05) is 41.6 Å². The third-order valence-corrected chi connectivity index (χ3v) is 8.62. The number of nitrogens with one attached hydrogen (secondary N) is 2. The maximum Gasteiger partial charge on any atom is 0.343 e. The van der Waals surface area contributed by atoms with Crippen LogP contribution < -0.4 is 16.2 Å². The van der Waals surface area contributed by atoms with Crippen LogP contribution in [0.3, 0.4) is 0 Å². The summed E-state index contributed by atoms with van der Waals surface area (Å²) in [5.41, 5.74) is 2.65. The van der Waals surface area contributed by atoms with Crippen molar-refractivity contribution in [2.24, 2.45) is 0 Å². The molecule has 210 valence electrons. The molecular weight excluding hydrogens is 515 g/mol. The van der Waals surface area contributed by atoms with Crippen molar-refractivity contribution in [3.05, 3.63) is 61.7 Å². The summed E-state index contributed by atoms with van der Waals surface area (Å²) in [6.07, 6.45) is 1.54. The Morgan fingerprint density at radius 2 is 2.05 bits per heavy atom. The minimum Gasteiger partial charge on any atom is -0.458 e. The van der Waals surface area contributed by atoms with E-state index in [1.165, 1.54) is 6.07 Å². The quantitative estimate of drug-likeness (QED) is 0.317. The second-order valence-electron chi connectivity index (χ2n) is 11.3. The molecule has 1 aliphatic carbocycles. The highest BCUT2D eigenvalue weighted by Crippen LogP contribution is 2.45. The first-order chi connectivity index (χ1) is 19.0. The van der Waals surface area contributed by atoms with Gasteiger partial charge < -0.3 is 25.0 Å². The van der Waals surface area contributed by atoms with Gasteiger partial charge in [-0.3, -0.25) is 9.59 Å². The molecule has 2 aromatic heterocycles. The van der Waals surface area contributed by atoms with Crippen LogP contribution in [0.4, 0.5) is 4.39 Å². The van der Waals surface area contributed by atoms with Crippen molar-refractivity contribution in [3.63, 3.8) is 0 Å². The first-order valence-corrected chi connectivity index (χ1v) is 13.9. The molecule has 0 saturated heterocycles. The lowest BCUT2D eigenvalue weighted by Crippen LogP contribution is -2.44. The SMILES string of the molecule is CCC1(O)C(=O)OCc2c1cc1n(c2=O)Cc2c-1nc1cc(F)c(C)c3c1c2C(NC(=O)CCNC(C)C)CC3. The standard InChI is InChI=1S/C30H33FN4O5/c1-5-30(39)19-10-23-27-17(12-35(23)28(37)18(19)13-40-29(30)38)26-21(33-24(36)8-9-32-14(2)3)7-6-16-15(4)20(31)11-22(34-27)25(16)26/h10-11,14,21,32,39H,5-9,12-13H2,1-4H3,(H,33,36). The number of ether oxygens (including phenoxy) is 1. The van der Waals surface area contributed by atoms with Crippen LogP contribution in [-0.4, -0.2) is 39.1 Å². The summed E-state index contributed by atoms with van der Waals surface area (Å²) in [6, 6.07) is 3.00. The summed E-state index contributed by atoms with van der Waals surface area (Å²) in [4.78, 5) is 44.0. The maximum absolute atomic E-state index is 15.0. The molecule has 1 aromatic carbocycles. The van der Waals surface area contributed by atoms with Crippen LogP contribution in [0.15, 0.2) is 16.9 Å². The van der Waals surface area contributed by atoms with Gasteiger partial charge in [-0.25, -0.2) is 14.2 Å². The third-order valence-electron chi connectivity index (χ3n) is 8.62. The molecule has 0 fully saturated rings. The summed E-state index contributed by atoms with van der Waals surface area (Å²) in [7, 11) is 0. The Morgan fingerprint density at radius 3 is 2.77 bits per heavy atom. The van der Waals surface area contributed by atoms with Gasteiger partial charge in [0.15, 0.2) is 5.60 Å². The molecular formula is C30H33FN4O5. The number of hydrogen-bond acceptors (Lipinski definition) is 7. The van der Waals surface area contributed by atoms with E-state index in [0.29, 0.717) is 48.3 Å².